The first-order valence-electron chi connectivity index (χ1n) is 5.98. The molecule has 1 aromatic rings. The van der Waals surface area contributed by atoms with E-state index in [9.17, 15) is 5.11 Å². The van der Waals surface area contributed by atoms with Crippen molar-refractivity contribution in [2.75, 3.05) is 20.8 Å². The van der Waals surface area contributed by atoms with Crippen LogP contribution in [0.15, 0.2) is 12.1 Å². The van der Waals surface area contributed by atoms with Gasteiger partial charge in [-0.1, -0.05) is 20.8 Å². The number of benzene rings is 1. The van der Waals surface area contributed by atoms with Crippen molar-refractivity contribution in [3.63, 3.8) is 0 Å². The second-order valence-electron chi connectivity index (χ2n) is 5.33. The Balaban J connectivity index is 3.42. The third-order valence-electron chi connectivity index (χ3n) is 2.96. The van der Waals surface area contributed by atoms with Crippen molar-refractivity contribution < 1.29 is 14.6 Å². The first kappa shape index (κ1) is 14.8. The molecule has 0 aliphatic heterocycles. The smallest absolute Gasteiger partial charge is 0.124 e. The molecule has 0 aromatic heterocycles. The Hall–Kier alpha value is -1.26. The summed E-state index contributed by atoms with van der Waals surface area (Å²) in [5, 5.41) is 9.18. The molecule has 1 rings (SSSR count). The molecule has 4 heteroatoms. The van der Waals surface area contributed by atoms with Gasteiger partial charge in [-0.25, -0.2) is 0 Å². The highest BCUT2D eigenvalue weighted by Gasteiger charge is 2.23. The molecule has 3 N–H and O–H groups in total. The van der Waals surface area contributed by atoms with Crippen LogP contribution >= 0.6 is 0 Å². The van der Waals surface area contributed by atoms with Crippen LogP contribution in [0, 0.1) is 0 Å². The molecule has 0 radical (unpaired) electrons. The molecular formula is C14H23NO3. The fourth-order valence-electron chi connectivity index (χ4n) is 1.90. The Morgan fingerprint density at radius 2 is 1.72 bits per heavy atom. The Kier molecular flexibility index (Phi) is 4.59. The van der Waals surface area contributed by atoms with Crippen LogP contribution in [-0.4, -0.2) is 25.9 Å². The monoisotopic (exact) mass is 253 g/mol. The molecular weight excluding hydrogens is 230 g/mol. The van der Waals surface area contributed by atoms with Crippen LogP contribution in [0.5, 0.6) is 11.5 Å². The number of aliphatic hydroxyl groups is 1. The quantitative estimate of drug-likeness (QED) is 0.861. The Morgan fingerprint density at radius 1 is 1.17 bits per heavy atom. The highest BCUT2D eigenvalue weighted by atomic mass is 16.5. The Labute approximate surface area is 109 Å². The summed E-state index contributed by atoms with van der Waals surface area (Å²) in [6, 6.07) is 3.31. The minimum atomic E-state index is -0.470. The van der Waals surface area contributed by atoms with Crippen LogP contribution in [0.3, 0.4) is 0 Å². The predicted octanol–water partition coefficient (Wildman–Crippen LogP) is 1.99. The molecule has 0 aliphatic carbocycles. The van der Waals surface area contributed by atoms with Crippen molar-refractivity contribution in [1.82, 2.24) is 0 Å². The van der Waals surface area contributed by atoms with Gasteiger partial charge >= 0.3 is 0 Å². The summed E-state index contributed by atoms with van der Waals surface area (Å²) in [5.41, 5.74) is 7.62. The van der Waals surface area contributed by atoms with Gasteiger partial charge in [0.1, 0.15) is 11.5 Å². The number of nitrogens with two attached hydrogens (primary N) is 1. The summed E-state index contributed by atoms with van der Waals surface area (Å²) in [7, 11) is 3.23. The van der Waals surface area contributed by atoms with E-state index in [1.807, 2.05) is 12.1 Å². The SMILES string of the molecule is COc1cc(C(C)(C)C)c(OC)cc1C(N)CO. The van der Waals surface area contributed by atoms with E-state index in [-0.39, 0.29) is 12.0 Å². The van der Waals surface area contributed by atoms with Crippen LogP contribution in [0.1, 0.15) is 37.9 Å². The maximum Gasteiger partial charge on any atom is 0.124 e. The maximum atomic E-state index is 9.18. The van der Waals surface area contributed by atoms with E-state index in [0.29, 0.717) is 5.75 Å². The van der Waals surface area contributed by atoms with Crippen molar-refractivity contribution in [2.24, 2.45) is 5.73 Å². The van der Waals surface area contributed by atoms with E-state index < -0.39 is 6.04 Å². The average Bonchev–Trinajstić information content (AvgIpc) is 2.34. The van der Waals surface area contributed by atoms with Gasteiger partial charge in [-0.15, -0.1) is 0 Å². The molecule has 18 heavy (non-hydrogen) atoms. The van der Waals surface area contributed by atoms with Crippen LogP contribution < -0.4 is 15.2 Å². The van der Waals surface area contributed by atoms with Crippen molar-refractivity contribution in [1.29, 1.82) is 0 Å². The zero-order chi connectivity index (χ0) is 13.9. The van der Waals surface area contributed by atoms with Gasteiger partial charge in [-0.3, -0.25) is 0 Å². The molecule has 4 nitrogen and oxygen atoms in total. The molecule has 1 unspecified atom stereocenters. The van der Waals surface area contributed by atoms with E-state index in [1.54, 1.807) is 14.2 Å². The minimum Gasteiger partial charge on any atom is -0.496 e. The molecule has 0 fully saturated rings. The van der Waals surface area contributed by atoms with E-state index in [0.717, 1.165) is 16.9 Å². The zero-order valence-corrected chi connectivity index (χ0v) is 11.8. The third kappa shape index (κ3) is 2.94. The number of aliphatic hydroxyl groups excluding tert-OH is 1. The van der Waals surface area contributed by atoms with Crippen molar-refractivity contribution in [3.05, 3.63) is 23.3 Å². The summed E-state index contributed by atoms with van der Waals surface area (Å²) in [6.07, 6.45) is 0. The van der Waals surface area contributed by atoms with Crippen LogP contribution in [-0.2, 0) is 5.41 Å². The fourth-order valence-corrected chi connectivity index (χ4v) is 1.90. The van der Waals surface area contributed by atoms with Gasteiger partial charge in [0.05, 0.1) is 26.9 Å². The summed E-state index contributed by atoms with van der Waals surface area (Å²) in [6.45, 7) is 6.19. The Bertz CT molecular complexity index is 410. The lowest BCUT2D eigenvalue weighted by Crippen LogP contribution is -2.18. The normalized spacial score (nSPS) is 13.3. The van der Waals surface area contributed by atoms with Gasteiger partial charge in [0.15, 0.2) is 0 Å². The van der Waals surface area contributed by atoms with Crippen LogP contribution in [0.4, 0.5) is 0 Å². The van der Waals surface area contributed by atoms with Crippen molar-refractivity contribution in [2.45, 2.75) is 32.2 Å². The minimum absolute atomic E-state index is 0.0551. The molecule has 0 heterocycles. The average molecular weight is 253 g/mol. The summed E-state index contributed by atoms with van der Waals surface area (Å²) < 4.78 is 10.8. The van der Waals surface area contributed by atoms with Crippen LogP contribution in [0.2, 0.25) is 0 Å². The molecule has 0 spiro atoms. The molecule has 0 saturated carbocycles. The predicted molar refractivity (Wildman–Crippen MR) is 72.3 cm³/mol. The van der Waals surface area contributed by atoms with Gasteiger partial charge in [0, 0.05) is 11.1 Å². The fraction of sp³-hybridized carbons (Fsp3) is 0.571. The highest BCUT2D eigenvalue weighted by Crippen LogP contribution is 2.38. The highest BCUT2D eigenvalue weighted by molar-refractivity contribution is 5.50. The molecule has 1 aromatic carbocycles. The molecule has 0 amide bonds. The van der Waals surface area contributed by atoms with Gasteiger partial charge in [0.2, 0.25) is 0 Å². The van der Waals surface area contributed by atoms with Gasteiger partial charge in [0.25, 0.3) is 0 Å². The lowest BCUT2D eigenvalue weighted by Gasteiger charge is -2.25. The largest absolute Gasteiger partial charge is 0.496 e. The van der Waals surface area contributed by atoms with Crippen LogP contribution in [0.25, 0.3) is 0 Å². The van der Waals surface area contributed by atoms with E-state index >= 15 is 0 Å². The number of rotatable bonds is 4. The third-order valence-corrected chi connectivity index (χ3v) is 2.96. The number of hydrogen-bond donors (Lipinski definition) is 2. The summed E-state index contributed by atoms with van der Waals surface area (Å²) >= 11 is 0. The van der Waals surface area contributed by atoms with E-state index in [2.05, 4.69) is 20.8 Å². The summed E-state index contributed by atoms with van der Waals surface area (Å²) in [5.74, 6) is 1.45. The molecule has 1 atom stereocenters. The van der Waals surface area contributed by atoms with Gasteiger partial charge in [-0.05, 0) is 17.5 Å². The van der Waals surface area contributed by atoms with E-state index in [1.165, 1.54) is 0 Å². The standard InChI is InChI=1S/C14H23NO3/c1-14(2,3)10-7-12(17-4)9(11(15)8-16)6-13(10)18-5/h6-7,11,16H,8,15H2,1-5H3. The maximum absolute atomic E-state index is 9.18. The van der Waals surface area contributed by atoms with Gasteiger partial charge < -0.3 is 20.3 Å². The number of ether oxygens (including phenoxy) is 2. The molecule has 0 bridgehead atoms. The molecule has 0 aliphatic rings. The second-order valence-corrected chi connectivity index (χ2v) is 5.33. The lowest BCUT2D eigenvalue weighted by atomic mass is 9.85. The summed E-state index contributed by atoms with van der Waals surface area (Å²) in [4.78, 5) is 0. The molecule has 102 valence electrons. The van der Waals surface area contributed by atoms with Crippen molar-refractivity contribution >= 4 is 0 Å². The second kappa shape index (κ2) is 5.59. The lowest BCUT2D eigenvalue weighted by molar-refractivity contribution is 0.264. The zero-order valence-electron chi connectivity index (χ0n) is 11.8. The number of hydrogen-bond acceptors (Lipinski definition) is 4. The Morgan fingerprint density at radius 3 is 2.11 bits per heavy atom. The first-order valence-corrected chi connectivity index (χ1v) is 5.98. The number of methoxy groups -OCH3 is 2. The molecule has 0 saturated heterocycles. The van der Waals surface area contributed by atoms with Crippen molar-refractivity contribution in [3.8, 4) is 11.5 Å². The van der Waals surface area contributed by atoms with E-state index in [4.69, 9.17) is 15.2 Å². The topological polar surface area (TPSA) is 64.7 Å². The first-order chi connectivity index (χ1) is 8.35. The van der Waals surface area contributed by atoms with Gasteiger partial charge in [-0.2, -0.15) is 0 Å².